The second-order valence-corrected chi connectivity index (χ2v) is 10.2. The molecule has 0 atom stereocenters. The van der Waals surface area contributed by atoms with Gasteiger partial charge in [0.25, 0.3) is 0 Å². The number of allylic oxidation sites excluding steroid dienone is 8. The van der Waals surface area contributed by atoms with Crippen LogP contribution in [0.5, 0.6) is 0 Å². The lowest BCUT2D eigenvalue weighted by Gasteiger charge is -2.42. The average Bonchev–Trinajstić information content (AvgIpc) is 2.76. The van der Waals surface area contributed by atoms with Crippen LogP contribution >= 0.6 is 0 Å². The Hall–Kier alpha value is -1.04. The quantitative estimate of drug-likeness (QED) is 0.395. The zero-order valence-corrected chi connectivity index (χ0v) is 18.1. The molecule has 0 spiro atoms. The van der Waals surface area contributed by atoms with Gasteiger partial charge in [-0.25, -0.2) is 0 Å². The molecule has 5 saturated carbocycles. The first-order chi connectivity index (χ1) is 13.9. The fraction of sp³-hybridized carbons (Fsp3) is 0.714. The molecule has 0 aromatic rings. The molecule has 0 aromatic carbocycles. The molecule has 0 heteroatoms. The van der Waals surface area contributed by atoms with Crippen molar-refractivity contribution in [2.24, 2.45) is 0 Å². The van der Waals surface area contributed by atoms with E-state index in [4.69, 9.17) is 0 Å². The van der Waals surface area contributed by atoms with E-state index in [0.29, 0.717) is 0 Å². The van der Waals surface area contributed by atoms with Gasteiger partial charge in [0.1, 0.15) is 0 Å². The number of hydrogen-bond donors (Lipinski definition) is 0. The molecular weight excluding hydrogens is 336 g/mol. The van der Waals surface area contributed by atoms with Crippen molar-refractivity contribution in [1.29, 1.82) is 0 Å². The molecule has 0 N–H and O–H groups in total. The summed E-state index contributed by atoms with van der Waals surface area (Å²) in [4.78, 5) is 0. The summed E-state index contributed by atoms with van der Waals surface area (Å²) >= 11 is 0. The molecule has 0 amide bonds. The Labute approximate surface area is 173 Å². The molecule has 0 bridgehead atoms. The van der Waals surface area contributed by atoms with Crippen LogP contribution in [-0.4, -0.2) is 0 Å². The average molecular weight is 377 g/mol. The minimum Gasteiger partial charge on any atom is -0.0617 e. The Balaban J connectivity index is 1.67. The second kappa shape index (κ2) is 8.76. The van der Waals surface area contributed by atoms with Gasteiger partial charge in [0.15, 0.2) is 0 Å². The molecule has 0 unspecified atom stereocenters. The predicted molar refractivity (Wildman–Crippen MR) is 120 cm³/mol. The van der Waals surface area contributed by atoms with Crippen molar-refractivity contribution in [3.8, 4) is 0 Å². The molecule has 0 aliphatic heterocycles. The summed E-state index contributed by atoms with van der Waals surface area (Å²) in [5.74, 6) is 0. The highest BCUT2D eigenvalue weighted by molar-refractivity contribution is 5.83. The van der Waals surface area contributed by atoms with Gasteiger partial charge < -0.3 is 0 Å². The summed E-state index contributed by atoms with van der Waals surface area (Å²) in [5, 5.41) is 0. The summed E-state index contributed by atoms with van der Waals surface area (Å²) in [6.07, 6.45) is 28.5. The maximum absolute atomic E-state index is 1.87. The lowest BCUT2D eigenvalue weighted by atomic mass is 9.62. The van der Waals surface area contributed by atoms with E-state index in [0.717, 1.165) is 0 Å². The van der Waals surface area contributed by atoms with Crippen LogP contribution in [0.25, 0.3) is 0 Å². The van der Waals surface area contributed by atoms with Crippen molar-refractivity contribution in [1.82, 2.24) is 0 Å². The fourth-order valence-electron chi connectivity index (χ4n) is 6.77. The third-order valence-corrected chi connectivity index (χ3v) is 8.24. The highest BCUT2D eigenvalue weighted by atomic mass is 14.4. The van der Waals surface area contributed by atoms with Gasteiger partial charge in [-0.05, 0) is 125 Å². The van der Waals surface area contributed by atoms with Crippen LogP contribution < -0.4 is 0 Å². The van der Waals surface area contributed by atoms with E-state index in [1.54, 1.807) is 0 Å². The van der Waals surface area contributed by atoms with Crippen molar-refractivity contribution in [2.75, 3.05) is 0 Å². The molecule has 0 nitrogen and oxygen atoms in total. The number of rotatable bonds is 0. The summed E-state index contributed by atoms with van der Waals surface area (Å²) in [6, 6.07) is 0. The Kier molecular flexibility index (Phi) is 5.93. The van der Waals surface area contributed by atoms with E-state index in [1.165, 1.54) is 128 Å². The smallest absolute Gasteiger partial charge is 0.0108 e. The minimum atomic E-state index is 1.39. The molecule has 5 rings (SSSR count). The van der Waals surface area contributed by atoms with Crippen molar-refractivity contribution in [2.45, 2.75) is 128 Å². The van der Waals surface area contributed by atoms with Crippen molar-refractivity contribution >= 4 is 0 Å². The molecule has 0 aromatic heterocycles. The molecule has 0 heterocycles. The van der Waals surface area contributed by atoms with Gasteiger partial charge in [0.2, 0.25) is 0 Å². The lowest BCUT2D eigenvalue weighted by molar-refractivity contribution is 0.568. The first-order valence-electron chi connectivity index (χ1n) is 12.8. The molecule has 28 heavy (non-hydrogen) atoms. The Morgan fingerprint density at radius 3 is 0.571 bits per heavy atom. The highest BCUT2D eigenvalue weighted by Gasteiger charge is 2.39. The predicted octanol–water partition coefficient (Wildman–Crippen LogP) is 9.04. The van der Waals surface area contributed by atoms with Gasteiger partial charge in [-0.15, -0.1) is 0 Å². The van der Waals surface area contributed by atoms with Gasteiger partial charge >= 0.3 is 0 Å². The fourth-order valence-corrected chi connectivity index (χ4v) is 6.77. The van der Waals surface area contributed by atoms with Gasteiger partial charge in [0, 0.05) is 0 Å². The lowest BCUT2D eigenvalue weighted by Crippen LogP contribution is -2.24. The molecular formula is C28H40. The van der Waals surface area contributed by atoms with E-state index in [9.17, 15) is 0 Å². The molecule has 5 fully saturated rings. The third kappa shape index (κ3) is 3.61. The van der Waals surface area contributed by atoms with E-state index in [1.807, 2.05) is 44.6 Å². The maximum atomic E-state index is 1.87. The Morgan fingerprint density at radius 2 is 0.393 bits per heavy atom. The van der Waals surface area contributed by atoms with Gasteiger partial charge in [-0.1, -0.05) is 48.0 Å². The van der Waals surface area contributed by atoms with Crippen molar-refractivity contribution in [3.63, 3.8) is 0 Å². The molecule has 5 aliphatic rings. The first kappa shape index (κ1) is 19.0. The van der Waals surface area contributed by atoms with Crippen LogP contribution in [0, 0.1) is 0 Å². The first-order valence-corrected chi connectivity index (χ1v) is 12.8. The summed E-state index contributed by atoms with van der Waals surface area (Å²) in [5.41, 5.74) is 14.8. The number of hydrogen-bond acceptors (Lipinski definition) is 0. The van der Waals surface area contributed by atoms with Gasteiger partial charge in [0.05, 0.1) is 0 Å². The molecule has 5 aliphatic carbocycles. The second-order valence-electron chi connectivity index (χ2n) is 10.2. The molecule has 152 valence electrons. The molecule has 0 radical (unpaired) electrons. The normalized spacial score (nSPS) is 27.4. The maximum Gasteiger partial charge on any atom is -0.0108 e. The minimum absolute atomic E-state index is 1.39. The zero-order chi connectivity index (χ0) is 18.8. The van der Waals surface area contributed by atoms with E-state index in [-0.39, 0.29) is 0 Å². The van der Waals surface area contributed by atoms with Crippen molar-refractivity contribution < 1.29 is 0 Å². The van der Waals surface area contributed by atoms with Crippen LogP contribution in [0.1, 0.15) is 128 Å². The van der Waals surface area contributed by atoms with E-state index in [2.05, 4.69) is 0 Å². The third-order valence-electron chi connectivity index (χ3n) is 8.24. The van der Waals surface area contributed by atoms with Crippen LogP contribution in [0.15, 0.2) is 44.6 Å². The largest absolute Gasteiger partial charge is 0.0617 e. The Morgan fingerprint density at radius 1 is 0.214 bits per heavy atom. The topological polar surface area (TPSA) is 0 Å². The standard InChI is InChI=1S/C28H40/c1-5-13-21(14-6-1)25-26(22-15-7-2-8-16-22)28(24-19-11-4-12-20-24)27(25)23-17-9-3-10-18-23/h1-20H2. The van der Waals surface area contributed by atoms with Gasteiger partial charge in [-0.2, -0.15) is 0 Å². The van der Waals surface area contributed by atoms with Crippen LogP contribution in [-0.2, 0) is 0 Å². The monoisotopic (exact) mass is 376 g/mol. The summed E-state index contributed by atoms with van der Waals surface area (Å²) in [7, 11) is 0. The summed E-state index contributed by atoms with van der Waals surface area (Å²) < 4.78 is 0. The molecule has 0 saturated heterocycles. The zero-order valence-electron chi connectivity index (χ0n) is 18.1. The van der Waals surface area contributed by atoms with E-state index >= 15 is 0 Å². The van der Waals surface area contributed by atoms with E-state index < -0.39 is 0 Å². The highest BCUT2D eigenvalue weighted by Crippen LogP contribution is 2.57. The Bertz CT molecular complexity index is 560. The SMILES string of the molecule is C1CCC(=C2C(=C3CCCCC3)C(=C3CCCCC3)C2=C2CCCCC2)CC1. The van der Waals surface area contributed by atoms with Crippen LogP contribution in [0.3, 0.4) is 0 Å². The van der Waals surface area contributed by atoms with Crippen molar-refractivity contribution in [3.05, 3.63) is 44.6 Å². The van der Waals surface area contributed by atoms with Gasteiger partial charge in [-0.3, -0.25) is 0 Å². The summed E-state index contributed by atoms with van der Waals surface area (Å²) in [6.45, 7) is 0. The van der Waals surface area contributed by atoms with Crippen LogP contribution in [0.2, 0.25) is 0 Å². The van der Waals surface area contributed by atoms with Crippen LogP contribution in [0.4, 0.5) is 0 Å².